The van der Waals surface area contributed by atoms with Crippen molar-refractivity contribution in [3.05, 3.63) is 0 Å². The van der Waals surface area contributed by atoms with E-state index in [0.29, 0.717) is 11.8 Å². The lowest BCUT2D eigenvalue weighted by atomic mass is 9.81. The van der Waals surface area contributed by atoms with Gasteiger partial charge in [0.1, 0.15) is 0 Å². The highest BCUT2D eigenvalue weighted by atomic mass is 16.1. The maximum absolute atomic E-state index is 12.2. The quantitative estimate of drug-likeness (QED) is 0.773. The van der Waals surface area contributed by atoms with Crippen LogP contribution >= 0.6 is 0 Å². The molecule has 3 fully saturated rings. The molecule has 0 unspecified atom stereocenters. The van der Waals surface area contributed by atoms with Crippen molar-refractivity contribution in [2.24, 2.45) is 35.3 Å². The van der Waals surface area contributed by atoms with Crippen LogP contribution in [0.3, 0.4) is 0 Å². The third-order valence-electron chi connectivity index (χ3n) is 5.52. The Hall–Kier alpha value is -0.570. The lowest BCUT2D eigenvalue weighted by Gasteiger charge is -2.27. The normalized spacial score (nSPS) is 31.5. The van der Waals surface area contributed by atoms with Crippen molar-refractivity contribution in [1.29, 1.82) is 0 Å². The molecule has 0 aromatic heterocycles. The van der Waals surface area contributed by atoms with E-state index in [0.717, 1.165) is 56.5 Å². The number of hydrogen-bond donors (Lipinski definition) is 2. The second-order valence-corrected chi connectivity index (χ2v) is 7.04. The summed E-state index contributed by atoms with van der Waals surface area (Å²) < 4.78 is 0. The summed E-state index contributed by atoms with van der Waals surface area (Å²) in [7, 11) is 0. The van der Waals surface area contributed by atoms with Crippen LogP contribution in [0.5, 0.6) is 0 Å². The molecule has 0 aliphatic heterocycles. The fourth-order valence-electron chi connectivity index (χ4n) is 3.79. The van der Waals surface area contributed by atoms with Crippen LogP contribution in [0.15, 0.2) is 0 Å². The number of hydrogen-bond acceptors (Lipinski definition) is 2. The van der Waals surface area contributed by atoms with E-state index in [1.54, 1.807) is 0 Å². The van der Waals surface area contributed by atoms with Gasteiger partial charge in [-0.25, -0.2) is 0 Å². The van der Waals surface area contributed by atoms with Crippen LogP contribution in [0.1, 0.15) is 51.4 Å². The van der Waals surface area contributed by atoms with Gasteiger partial charge in [0.2, 0.25) is 5.91 Å². The molecule has 19 heavy (non-hydrogen) atoms. The molecule has 108 valence electrons. The summed E-state index contributed by atoms with van der Waals surface area (Å²) in [5.74, 6) is 3.91. The van der Waals surface area contributed by atoms with Gasteiger partial charge in [-0.3, -0.25) is 4.79 Å². The molecule has 1 amide bonds. The fourth-order valence-corrected chi connectivity index (χ4v) is 3.79. The maximum Gasteiger partial charge on any atom is 0.223 e. The highest BCUT2D eigenvalue weighted by molar-refractivity contribution is 5.78. The molecule has 0 radical (unpaired) electrons. The largest absolute Gasteiger partial charge is 0.356 e. The average molecular weight is 264 g/mol. The second-order valence-electron chi connectivity index (χ2n) is 7.04. The van der Waals surface area contributed by atoms with Crippen molar-refractivity contribution >= 4 is 5.91 Å². The maximum atomic E-state index is 12.2. The molecule has 3 saturated carbocycles. The first-order valence-corrected chi connectivity index (χ1v) is 8.25. The van der Waals surface area contributed by atoms with Crippen molar-refractivity contribution in [3.8, 4) is 0 Å². The number of nitrogens with one attached hydrogen (secondary N) is 1. The smallest absolute Gasteiger partial charge is 0.223 e. The van der Waals surface area contributed by atoms with E-state index in [1.165, 1.54) is 25.7 Å². The number of carbonyl (C=O) groups is 1. The third kappa shape index (κ3) is 3.50. The molecule has 3 aliphatic carbocycles. The Morgan fingerprint density at radius 3 is 2.05 bits per heavy atom. The molecule has 0 bridgehead atoms. The van der Waals surface area contributed by atoms with Crippen LogP contribution in [-0.4, -0.2) is 19.0 Å². The van der Waals surface area contributed by atoms with Gasteiger partial charge >= 0.3 is 0 Å². The molecule has 0 aromatic rings. The van der Waals surface area contributed by atoms with Crippen molar-refractivity contribution in [1.82, 2.24) is 5.32 Å². The van der Waals surface area contributed by atoms with E-state index in [4.69, 9.17) is 5.73 Å². The first-order chi connectivity index (χ1) is 9.28. The lowest BCUT2D eigenvalue weighted by Crippen LogP contribution is -2.37. The predicted octanol–water partition coefficient (Wildman–Crippen LogP) is 2.30. The Balaban J connectivity index is 1.41. The van der Waals surface area contributed by atoms with Crippen LogP contribution < -0.4 is 11.1 Å². The number of nitrogens with two attached hydrogens (primary N) is 1. The Morgan fingerprint density at radius 2 is 1.58 bits per heavy atom. The molecule has 3 N–H and O–H groups in total. The molecule has 0 heterocycles. The molecule has 0 aromatic carbocycles. The molecule has 3 heteroatoms. The summed E-state index contributed by atoms with van der Waals surface area (Å²) in [6.45, 7) is 1.74. The van der Waals surface area contributed by atoms with E-state index in [9.17, 15) is 4.79 Å². The summed E-state index contributed by atoms with van der Waals surface area (Å²) in [5.41, 5.74) is 5.70. The van der Waals surface area contributed by atoms with Crippen molar-refractivity contribution in [2.75, 3.05) is 13.1 Å². The van der Waals surface area contributed by atoms with Gasteiger partial charge < -0.3 is 11.1 Å². The molecule has 3 aliphatic rings. The van der Waals surface area contributed by atoms with Gasteiger partial charge in [0, 0.05) is 12.5 Å². The standard InChI is InChI=1S/C16H28N2O/c17-9-11-1-3-14(4-2-11)16(19)18-10-15(12-5-6-12)13-7-8-13/h11-15H,1-10,17H2,(H,18,19). The zero-order chi connectivity index (χ0) is 13.2. The van der Waals surface area contributed by atoms with Gasteiger partial charge in [-0.05, 0) is 81.6 Å². The summed E-state index contributed by atoms with van der Waals surface area (Å²) in [6, 6.07) is 0. The Labute approximate surface area is 116 Å². The molecule has 3 nitrogen and oxygen atoms in total. The summed E-state index contributed by atoms with van der Waals surface area (Å²) in [5, 5.41) is 3.26. The van der Waals surface area contributed by atoms with Crippen LogP contribution in [0.2, 0.25) is 0 Å². The minimum atomic E-state index is 0.266. The first kappa shape index (κ1) is 13.4. The minimum absolute atomic E-state index is 0.266. The zero-order valence-corrected chi connectivity index (χ0v) is 11.9. The van der Waals surface area contributed by atoms with Crippen molar-refractivity contribution in [3.63, 3.8) is 0 Å². The summed E-state index contributed by atoms with van der Waals surface area (Å²) in [4.78, 5) is 12.2. The fraction of sp³-hybridized carbons (Fsp3) is 0.938. The number of carbonyl (C=O) groups excluding carboxylic acids is 1. The van der Waals surface area contributed by atoms with Crippen LogP contribution in [0, 0.1) is 29.6 Å². The van der Waals surface area contributed by atoms with Gasteiger partial charge in [-0.1, -0.05) is 0 Å². The molecule has 3 rings (SSSR count). The van der Waals surface area contributed by atoms with Crippen molar-refractivity contribution < 1.29 is 4.79 Å². The highest BCUT2D eigenvalue weighted by Gasteiger charge is 2.41. The SMILES string of the molecule is NCC1CCC(C(=O)NCC(C2CC2)C2CC2)CC1. The van der Waals surface area contributed by atoms with E-state index < -0.39 is 0 Å². The summed E-state index contributed by atoms with van der Waals surface area (Å²) in [6.07, 6.45) is 9.98. The Morgan fingerprint density at radius 1 is 1.00 bits per heavy atom. The summed E-state index contributed by atoms with van der Waals surface area (Å²) >= 11 is 0. The van der Waals surface area contributed by atoms with Crippen LogP contribution in [0.25, 0.3) is 0 Å². The third-order valence-corrected chi connectivity index (χ3v) is 5.52. The predicted molar refractivity (Wildman–Crippen MR) is 76.5 cm³/mol. The number of amides is 1. The zero-order valence-electron chi connectivity index (χ0n) is 11.9. The van der Waals surface area contributed by atoms with Gasteiger partial charge in [0.05, 0.1) is 0 Å². The van der Waals surface area contributed by atoms with Crippen LogP contribution in [-0.2, 0) is 4.79 Å². The topological polar surface area (TPSA) is 55.1 Å². The highest BCUT2D eigenvalue weighted by Crippen LogP contribution is 2.48. The average Bonchev–Trinajstić information content (AvgIpc) is 3.31. The van der Waals surface area contributed by atoms with E-state index in [1.807, 2.05) is 0 Å². The van der Waals surface area contributed by atoms with Crippen LogP contribution in [0.4, 0.5) is 0 Å². The lowest BCUT2D eigenvalue weighted by molar-refractivity contribution is -0.126. The molecule has 0 saturated heterocycles. The number of rotatable bonds is 6. The minimum Gasteiger partial charge on any atom is -0.356 e. The molecule has 0 atom stereocenters. The second kappa shape index (κ2) is 5.82. The molecule has 0 spiro atoms. The van der Waals surface area contributed by atoms with Crippen molar-refractivity contribution in [2.45, 2.75) is 51.4 Å². The van der Waals surface area contributed by atoms with Gasteiger partial charge in [0.15, 0.2) is 0 Å². The first-order valence-electron chi connectivity index (χ1n) is 8.25. The monoisotopic (exact) mass is 264 g/mol. The Kier molecular flexibility index (Phi) is 4.11. The van der Waals surface area contributed by atoms with E-state index >= 15 is 0 Å². The van der Waals surface area contributed by atoms with Gasteiger partial charge in [-0.2, -0.15) is 0 Å². The molecular formula is C16H28N2O. The Bertz CT molecular complexity index is 303. The van der Waals surface area contributed by atoms with E-state index in [2.05, 4.69) is 5.32 Å². The molecular weight excluding hydrogens is 236 g/mol. The van der Waals surface area contributed by atoms with Gasteiger partial charge in [0.25, 0.3) is 0 Å². The van der Waals surface area contributed by atoms with E-state index in [-0.39, 0.29) is 5.92 Å². The van der Waals surface area contributed by atoms with Gasteiger partial charge in [-0.15, -0.1) is 0 Å².